The minimum Gasteiger partial charge on any atom is -0.329 e. The molecule has 0 fully saturated rings. The molecule has 0 aliphatic heterocycles. The van der Waals surface area contributed by atoms with E-state index in [1.807, 2.05) is 0 Å². The zero-order chi connectivity index (χ0) is 18.2. The van der Waals surface area contributed by atoms with Gasteiger partial charge in [0.15, 0.2) is 0 Å². The predicted molar refractivity (Wildman–Crippen MR) is 95.6 cm³/mol. The Hall–Kier alpha value is -2.64. The summed E-state index contributed by atoms with van der Waals surface area (Å²) in [7, 11) is 0. The van der Waals surface area contributed by atoms with E-state index in [0.29, 0.717) is 21.3 Å². The molecule has 0 saturated heterocycles. The summed E-state index contributed by atoms with van der Waals surface area (Å²) in [6.07, 6.45) is 1.35. The zero-order valence-corrected chi connectivity index (χ0v) is 14.2. The summed E-state index contributed by atoms with van der Waals surface area (Å²) in [5.41, 5.74) is 3.29. The second-order valence-electron chi connectivity index (χ2n) is 4.78. The van der Waals surface area contributed by atoms with Crippen molar-refractivity contribution in [3.05, 3.63) is 63.9 Å². The van der Waals surface area contributed by atoms with Crippen LogP contribution in [0, 0.1) is 5.82 Å². The monoisotopic (exact) mass is 382 g/mol. The lowest BCUT2D eigenvalue weighted by Gasteiger charge is -2.07. The minimum atomic E-state index is -0.587. The Kier molecular flexibility index (Phi) is 6.73. The van der Waals surface area contributed by atoms with E-state index in [0.717, 1.165) is 0 Å². The molecule has 2 aromatic carbocycles. The van der Waals surface area contributed by atoms with Crippen molar-refractivity contribution in [3.8, 4) is 0 Å². The van der Waals surface area contributed by atoms with Crippen molar-refractivity contribution in [1.82, 2.24) is 10.7 Å². The Morgan fingerprint density at radius 1 is 1.08 bits per heavy atom. The molecule has 0 radical (unpaired) electrons. The first-order valence-electron chi connectivity index (χ1n) is 7.01. The van der Waals surface area contributed by atoms with Crippen LogP contribution in [0.15, 0.2) is 47.6 Å². The van der Waals surface area contributed by atoms with Crippen LogP contribution in [-0.4, -0.2) is 24.7 Å². The van der Waals surface area contributed by atoms with Gasteiger partial charge in [-0.25, -0.2) is 14.6 Å². The van der Waals surface area contributed by atoms with Crippen molar-refractivity contribution in [2.24, 2.45) is 5.10 Å². The fourth-order valence-corrected chi connectivity index (χ4v) is 1.98. The highest BCUT2D eigenvalue weighted by Crippen LogP contribution is 2.24. The third-order valence-corrected chi connectivity index (χ3v) is 3.60. The molecule has 2 aromatic rings. The van der Waals surface area contributed by atoms with E-state index in [-0.39, 0.29) is 12.4 Å². The van der Waals surface area contributed by atoms with E-state index in [2.05, 4.69) is 21.2 Å². The van der Waals surface area contributed by atoms with Gasteiger partial charge in [0.25, 0.3) is 5.91 Å². The van der Waals surface area contributed by atoms with Crippen molar-refractivity contribution in [2.45, 2.75) is 0 Å². The number of benzene rings is 2. The first-order valence-corrected chi connectivity index (χ1v) is 7.77. The van der Waals surface area contributed by atoms with Crippen molar-refractivity contribution in [1.29, 1.82) is 0 Å². The first kappa shape index (κ1) is 18.7. The summed E-state index contributed by atoms with van der Waals surface area (Å²) in [5, 5.41) is 9.23. The van der Waals surface area contributed by atoms with Gasteiger partial charge in [-0.3, -0.25) is 4.79 Å². The summed E-state index contributed by atoms with van der Waals surface area (Å²) >= 11 is 11.6. The van der Waals surface area contributed by atoms with Crippen LogP contribution in [-0.2, 0) is 4.79 Å². The molecule has 0 aromatic heterocycles. The largest absolute Gasteiger partial charge is 0.329 e. The lowest BCUT2D eigenvalue weighted by atomic mass is 10.2. The number of urea groups is 1. The normalized spacial score (nSPS) is 10.5. The Balaban J connectivity index is 1.74. The van der Waals surface area contributed by atoms with Gasteiger partial charge in [0.05, 0.1) is 16.3 Å². The topological polar surface area (TPSA) is 82.6 Å². The molecule has 3 amide bonds. The molecule has 0 heterocycles. The smallest absolute Gasteiger partial charge is 0.319 e. The van der Waals surface area contributed by atoms with E-state index in [4.69, 9.17) is 23.2 Å². The maximum absolute atomic E-state index is 12.7. The third kappa shape index (κ3) is 6.40. The third-order valence-electron chi connectivity index (χ3n) is 2.86. The number of carbonyl (C=O) groups is 2. The molecular formula is C16H13Cl2FN4O2. The molecule has 0 unspecified atom stereocenters. The maximum Gasteiger partial charge on any atom is 0.319 e. The Bertz CT molecular complexity index is 797. The van der Waals surface area contributed by atoms with Crippen molar-refractivity contribution < 1.29 is 14.0 Å². The Morgan fingerprint density at radius 2 is 1.80 bits per heavy atom. The number of anilines is 1. The van der Waals surface area contributed by atoms with Crippen molar-refractivity contribution in [3.63, 3.8) is 0 Å². The first-order chi connectivity index (χ1) is 11.9. The molecule has 0 aliphatic rings. The summed E-state index contributed by atoms with van der Waals surface area (Å²) in [6, 6.07) is 9.57. The summed E-state index contributed by atoms with van der Waals surface area (Å²) in [6.45, 7) is -0.284. The van der Waals surface area contributed by atoms with Gasteiger partial charge in [-0.15, -0.1) is 0 Å². The highest BCUT2D eigenvalue weighted by molar-refractivity contribution is 6.42. The fraction of sp³-hybridized carbons (Fsp3) is 0.0625. The van der Waals surface area contributed by atoms with Gasteiger partial charge in [-0.05, 0) is 35.9 Å². The molecule has 0 spiro atoms. The zero-order valence-electron chi connectivity index (χ0n) is 12.7. The number of nitrogens with one attached hydrogen (secondary N) is 3. The van der Waals surface area contributed by atoms with E-state index >= 15 is 0 Å². The highest BCUT2D eigenvalue weighted by Gasteiger charge is 2.06. The quantitative estimate of drug-likeness (QED) is 0.546. The molecule has 0 atom stereocenters. The molecule has 0 aliphatic carbocycles. The second kappa shape index (κ2) is 9.00. The van der Waals surface area contributed by atoms with Gasteiger partial charge < -0.3 is 10.6 Å². The number of hydrogen-bond acceptors (Lipinski definition) is 3. The fourth-order valence-electron chi connectivity index (χ4n) is 1.68. The average molecular weight is 383 g/mol. The Morgan fingerprint density at radius 3 is 2.48 bits per heavy atom. The number of carbonyl (C=O) groups excluding carboxylic acids is 2. The van der Waals surface area contributed by atoms with Crippen LogP contribution < -0.4 is 16.1 Å². The lowest BCUT2D eigenvalue weighted by Crippen LogP contribution is -2.37. The van der Waals surface area contributed by atoms with E-state index < -0.39 is 11.9 Å². The number of halogens is 3. The van der Waals surface area contributed by atoms with Crippen LogP contribution in [0.25, 0.3) is 0 Å². The van der Waals surface area contributed by atoms with Crippen LogP contribution in [0.5, 0.6) is 0 Å². The van der Waals surface area contributed by atoms with Crippen LogP contribution in [0.4, 0.5) is 14.9 Å². The van der Waals surface area contributed by atoms with Crippen LogP contribution >= 0.6 is 23.2 Å². The number of nitrogens with zero attached hydrogens (tertiary/aromatic N) is 1. The van der Waals surface area contributed by atoms with Crippen LogP contribution in [0.2, 0.25) is 10.0 Å². The maximum atomic E-state index is 12.7. The van der Waals surface area contributed by atoms with Gasteiger partial charge in [0.1, 0.15) is 12.4 Å². The van der Waals surface area contributed by atoms with E-state index in [9.17, 15) is 14.0 Å². The SMILES string of the molecule is O=C(CNC(=O)Nc1ccc(Cl)c(Cl)c1)N/N=C/c1ccc(F)cc1. The average Bonchev–Trinajstić information content (AvgIpc) is 2.58. The molecular weight excluding hydrogens is 370 g/mol. The van der Waals surface area contributed by atoms with E-state index in [1.54, 1.807) is 6.07 Å². The standard InChI is InChI=1S/C16H13Cl2FN4O2/c17-13-6-5-12(7-14(13)18)22-16(25)20-9-15(24)23-21-8-10-1-3-11(19)4-2-10/h1-8H,9H2,(H,23,24)(H2,20,22,25)/b21-8+. The number of hydrazone groups is 1. The number of rotatable bonds is 5. The molecule has 6 nitrogen and oxygen atoms in total. The molecule has 3 N–H and O–H groups in total. The van der Waals surface area contributed by atoms with Gasteiger partial charge in [-0.2, -0.15) is 5.10 Å². The molecule has 9 heteroatoms. The van der Waals surface area contributed by atoms with Crippen LogP contribution in [0.1, 0.15) is 5.56 Å². The van der Waals surface area contributed by atoms with Gasteiger partial charge >= 0.3 is 6.03 Å². The molecule has 2 rings (SSSR count). The number of amides is 3. The molecule has 0 saturated carbocycles. The predicted octanol–water partition coefficient (Wildman–Crippen LogP) is 3.40. The second-order valence-corrected chi connectivity index (χ2v) is 5.60. The van der Waals surface area contributed by atoms with Crippen molar-refractivity contribution >= 4 is 47.0 Å². The number of hydrogen-bond donors (Lipinski definition) is 3. The Labute approximate surface area is 153 Å². The summed E-state index contributed by atoms with van der Waals surface area (Å²) in [5.74, 6) is -0.888. The van der Waals surface area contributed by atoms with Gasteiger partial charge in [0, 0.05) is 5.69 Å². The summed E-state index contributed by atoms with van der Waals surface area (Å²) < 4.78 is 12.7. The minimum absolute atomic E-state index is 0.284. The lowest BCUT2D eigenvalue weighted by molar-refractivity contribution is -0.120. The van der Waals surface area contributed by atoms with Crippen molar-refractivity contribution in [2.75, 3.05) is 11.9 Å². The van der Waals surface area contributed by atoms with Crippen LogP contribution in [0.3, 0.4) is 0 Å². The van der Waals surface area contributed by atoms with Gasteiger partial charge in [0.2, 0.25) is 0 Å². The summed E-state index contributed by atoms with van der Waals surface area (Å²) in [4.78, 5) is 23.3. The van der Waals surface area contributed by atoms with Gasteiger partial charge in [-0.1, -0.05) is 35.3 Å². The highest BCUT2D eigenvalue weighted by atomic mass is 35.5. The molecule has 130 valence electrons. The molecule has 25 heavy (non-hydrogen) atoms. The molecule has 0 bridgehead atoms. The van der Waals surface area contributed by atoms with E-state index in [1.165, 1.54) is 42.6 Å².